The molecule has 0 bridgehead atoms. The molecule has 1 aromatic heterocycles. The van der Waals surface area contributed by atoms with Gasteiger partial charge in [0.05, 0.1) is 123 Å². The summed E-state index contributed by atoms with van der Waals surface area (Å²) in [6.45, 7) is 1.80. The van der Waals surface area contributed by atoms with Crippen molar-refractivity contribution in [1.82, 2.24) is 25.6 Å². The van der Waals surface area contributed by atoms with Crippen LogP contribution in [0.5, 0.6) is 17.2 Å². The summed E-state index contributed by atoms with van der Waals surface area (Å²) in [5.74, 6) is -18.9. The van der Waals surface area contributed by atoms with Gasteiger partial charge < -0.3 is 78.4 Å². The Kier molecular flexibility index (Phi) is 24.7. The largest absolute Gasteiger partial charge is 0.477 e. The summed E-state index contributed by atoms with van der Waals surface area (Å²) < 4.78 is 122. The molecule has 23 nitrogen and oxygen atoms in total. The number of esters is 1. The van der Waals surface area contributed by atoms with Gasteiger partial charge in [-0.05, 0) is 30.3 Å². The zero-order valence-electron chi connectivity index (χ0n) is 40.9. The number of aliphatic hydroxyl groups excluding tert-OH is 3. The van der Waals surface area contributed by atoms with E-state index in [0.29, 0.717) is 30.3 Å². The van der Waals surface area contributed by atoms with Crippen molar-refractivity contribution in [1.29, 1.82) is 0 Å². The Morgan fingerprint density at radius 2 is 1.34 bits per heavy atom. The molecule has 0 unspecified atom stereocenters. The Morgan fingerprint density at radius 1 is 0.763 bits per heavy atom. The van der Waals surface area contributed by atoms with Gasteiger partial charge in [-0.1, -0.05) is 29.5 Å². The number of amides is 2. The maximum atomic E-state index is 13.6. The molecule has 1 aliphatic rings. The van der Waals surface area contributed by atoms with Crippen LogP contribution in [0.3, 0.4) is 0 Å². The van der Waals surface area contributed by atoms with Crippen LogP contribution >= 0.6 is 0 Å². The van der Waals surface area contributed by atoms with Crippen molar-refractivity contribution in [3.63, 3.8) is 0 Å². The molecule has 76 heavy (non-hydrogen) atoms. The van der Waals surface area contributed by atoms with Crippen molar-refractivity contribution >= 4 is 23.8 Å². The molecule has 1 fully saturated rings. The molecule has 0 saturated carbocycles. The van der Waals surface area contributed by atoms with Crippen molar-refractivity contribution in [2.24, 2.45) is 0 Å². The number of halogens is 5. The van der Waals surface area contributed by atoms with E-state index >= 15 is 0 Å². The van der Waals surface area contributed by atoms with Crippen LogP contribution in [0.2, 0.25) is 0 Å². The van der Waals surface area contributed by atoms with E-state index in [0.717, 1.165) is 6.92 Å². The zero-order valence-corrected chi connectivity index (χ0v) is 40.9. The summed E-state index contributed by atoms with van der Waals surface area (Å²) in [6.07, 6.45) is -6.65. The second kappa shape index (κ2) is 31.0. The van der Waals surface area contributed by atoms with Crippen LogP contribution in [0.4, 0.5) is 22.0 Å². The van der Waals surface area contributed by atoms with Crippen LogP contribution in [0.1, 0.15) is 35.8 Å². The number of aliphatic hydroxyl groups is 3. The smallest absolute Gasteiger partial charge is 0.364 e. The Hall–Kier alpha value is -6.31. The van der Waals surface area contributed by atoms with E-state index in [2.05, 4.69) is 25.7 Å². The summed E-state index contributed by atoms with van der Waals surface area (Å²) in [5.41, 5.74) is 0.686. The lowest BCUT2D eigenvalue weighted by Gasteiger charge is -2.46. The fourth-order valence-corrected chi connectivity index (χ4v) is 7.01. The number of ether oxygens (including phenoxy) is 10. The van der Waals surface area contributed by atoms with Crippen molar-refractivity contribution < 1.29 is 109 Å². The van der Waals surface area contributed by atoms with E-state index in [1.54, 1.807) is 47.3 Å². The summed E-state index contributed by atoms with van der Waals surface area (Å²) in [4.78, 5) is 49.4. The summed E-state index contributed by atoms with van der Waals surface area (Å²) in [7, 11) is 0. The number of carbonyl (C=O) groups excluding carboxylic acids is 3. The predicted molar refractivity (Wildman–Crippen MR) is 247 cm³/mol. The molecule has 6 atom stereocenters. The quantitative estimate of drug-likeness (QED) is 0.00973. The molecule has 0 aliphatic carbocycles. The van der Waals surface area contributed by atoms with Gasteiger partial charge in [0.15, 0.2) is 0 Å². The highest BCUT2D eigenvalue weighted by atomic mass is 19.2. The molecule has 4 aromatic rings. The number of carboxylic acids is 1. The fraction of sp³-hybridized carbons (Fsp3) is 0.500. The van der Waals surface area contributed by atoms with Gasteiger partial charge in [-0.25, -0.2) is 22.6 Å². The molecule has 0 radical (unpaired) electrons. The van der Waals surface area contributed by atoms with E-state index < -0.39 is 114 Å². The Balaban J connectivity index is 0.898. The molecule has 2 amide bonds. The molecular weight excluding hydrogens is 1030 g/mol. The van der Waals surface area contributed by atoms with Crippen molar-refractivity contribution in [3.05, 3.63) is 101 Å². The van der Waals surface area contributed by atoms with Crippen molar-refractivity contribution in [3.8, 4) is 17.2 Å². The average Bonchev–Trinajstić information content (AvgIpc) is 3.89. The molecule has 1 aliphatic heterocycles. The molecule has 6 N–H and O–H groups in total. The lowest BCUT2D eigenvalue weighted by molar-refractivity contribution is -0.312. The second-order valence-corrected chi connectivity index (χ2v) is 16.4. The molecule has 28 heteroatoms. The third kappa shape index (κ3) is 18.8. The highest BCUT2D eigenvalue weighted by molar-refractivity contribution is 5.94. The maximum absolute atomic E-state index is 13.6. The third-order valence-corrected chi connectivity index (χ3v) is 10.7. The van der Waals surface area contributed by atoms with Crippen LogP contribution in [-0.2, 0) is 65.4 Å². The molecular formula is C48H58F5N5O18. The number of aromatic nitrogens is 3. The molecule has 2 heterocycles. The molecule has 5 rings (SSSR count). The number of nitrogens with one attached hydrogen (secondary N) is 2. The second-order valence-electron chi connectivity index (χ2n) is 16.4. The van der Waals surface area contributed by atoms with Crippen LogP contribution in [0.15, 0.2) is 60.8 Å². The highest BCUT2D eigenvalue weighted by Crippen LogP contribution is 2.34. The summed E-state index contributed by atoms with van der Waals surface area (Å²) in [6, 6.07) is 13.7. The number of carboxylic acid groups (broad SMARTS) is 1. The summed E-state index contributed by atoms with van der Waals surface area (Å²) in [5, 5.41) is 56.4. The number of rotatable bonds is 34. The minimum Gasteiger partial charge on any atom is -0.477 e. The lowest BCUT2D eigenvalue weighted by atomic mass is 9.88. The van der Waals surface area contributed by atoms with Gasteiger partial charge in [-0.3, -0.25) is 14.4 Å². The van der Waals surface area contributed by atoms with Gasteiger partial charge in [0.2, 0.25) is 40.7 Å². The number of nitrogens with zero attached hydrogens (tertiary/aromatic N) is 3. The Labute approximate surface area is 430 Å². The maximum Gasteiger partial charge on any atom is 0.364 e. The first kappa shape index (κ1) is 60.6. The van der Waals surface area contributed by atoms with E-state index in [9.17, 15) is 61.6 Å². The monoisotopic (exact) mass is 1090 g/mol. The molecule has 0 spiro atoms. The number of para-hydroxylation sites is 1. The summed E-state index contributed by atoms with van der Waals surface area (Å²) >= 11 is 0. The van der Waals surface area contributed by atoms with E-state index in [4.69, 9.17) is 42.6 Å². The Morgan fingerprint density at radius 3 is 1.97 bits per heavy atom. The molecule has 1 saturated heterocycles. The van der Waals surface area contributed by atoms with Gasteiger partial charge in [-0.15, -0.1) is 5.10 Å². The first-order chi connectivity index (χ1) is 36.5. The predicted octanol–water partition coefficient (Wildman–Crippen LogP) is 1.97. The number of hydrogen-bond donors (Lipinski definition) is 6. The minimum absolute atomic E-state index is 0.0243. The normalized spacial score (nSPS) is 18.2. The van der Waals surface area contributed by atoms with E-state index in [1.807, 2.05) is 6.07 Å². The first-order valence-electron chi connectivity index (χ1n) is 23.5. The number of carbonyl (C=O) groups is 4. The highest BCUT2D eigenvalue weighted by Gasteiger charge is 2.55. The number of benzene rings is 3. The van der Waals surface area contributed by atoms with Gasteiger partial charge in [-0.2, -0.15) is 8.78 Å². The van der Waals surface area contributed by atoms with Crippen LogP contribution in [0.25, 0.3) is 0 Å². The Bertz CT molecular complexity index is 2450. The molecule has 418 valence electrons. The minimum atomic E-state index is -2.54. The van der Waals surface area contributed by atoms with Crippen molar-refractivity contribution in [2.75, 3.05) is 85.8 Å². The van der Waals surface area contributed by atoms with Crippen LogP contribution in [0, 0.1) is 29.1 Å². The topological polar surface area (TPSA) is 296 Å². The lowest BCUT2D eigenvalue weighted by Crippen LogP contribution is -2.68. The third-order valence-electron chi connectivity index (χ3n) is 10.7. The van der Waals surface area contributed by atoms with E-state index in [1.165, 1.54) is 12.1 Å². The average molecular weight is 1090 g/mol. The van der Waals surface area contributed by atoms with E-state index in [-0.39, 0.29) is 84.8 Å². The van der Waals surface area contributed by atoms with Crippen LogP contribution in [-0.4, -0.2) is 181 Å². The zero-order chi connectivity index (χ0) is 55.0. The van der Waals surface area contributed by atoms with Gasteiger partial charge in [0, 0.05) is 25.5 Å². The first-order valence-corrected chi connectivity index (χ1v) is 23.5. The standard InChI is InChI=1S/C48H58F5N5O18/c1-29(59)55-42-34(60)25-48(47(65)66,76-45(42)43(63)35(61)26-54-46(64)30-6-5-9-33(24-30)74-32-7-3-2-4-8-32)73-23-22-71-20-21-72-28-31-27-58(57-56-31)11-13-68-15-17-70-19-18-69-16-14-67-12-10-36(62)75-44-40(52)38(50)37(49)39(51)41(44)53/h2-9,24,27,34-35,42-43,45,60-61,63H,10-23,25-26,28H2,1H3,(H,54,64)(H,55,59)(H,65,66)/t34-,35+,42+,43+,45+,48-/m0/s1. The van der Waals surface area contributed by atoms with Crippen LogP contribution < -0.4 is 20.1 Å². The SMILES string of the molecule is CC(=O)N[C@H]1[C@H]([C@H](O)[C@H](O)CNC(=O)c2cccc(Oc3ccccc3)c2)O[C@](OCCOCCOCc2cn(CCOCCOCCOCCOCCC(=O)Oc3c(F)c(F)c(F)c(F)c3F)nn2)(C(=O)O)C[C@@H]1O. The van der Waals surface area contributed by atoms with Gasteiger partial charge >= 0.3 is 11.9 Å². The number of hydrogen-bond acceptors (Lipinski definition) is 19. The van der Waals surface area contributed by atoms with Gasteiger partial charge in [0.25, 0.3) is 11.7 Å². The van der Waals surface area contributed by atoms with Gasteiger partial charge in [0.1, 0.15) is 29.4 Å². The number of aliphatic carboxylic acids is 1. The van der Waals surface area contributed by atoms with Crippen molar-refractivity contribution in [2.45, 2.75) is 69.2 Å². The molecule has 3 aromatic carbocycles. The fourth-order valence-electron chi connectivity index (χ4n) is 7.01.